The third kappa shape index (κ3) is 5.03. The third-order valence-corrected chi connectivity index (χ3v) is 4.59. The van der Waals surface area contributed by atoms with Gasteiger partial charge in [-0.3, -0.25) is 4.79 Å². The summed E-state index contributed by atoms with van der Waals surface area (Å²) in [5.41, 5.74) is 2.40. The van der Waals surface area contributed by atoms with Crippen LogP contribution in [0.25, 0.3) is 0 Å². The highest BCUT2D eigenvalue weighted by atomic mass is 16.6. The smallest absolute Gasteiger partial charge is 0.344 e. The van der Waals surface area contributed by atoms with Crippen molar-refractivity contribution in [3.8, 4) is 11.5 Å². The summed E-state index contributed by atoms with van der Waals surface area (Å²) < 4.78 is 16.0. The summed E-state index contributed by atoms with van der Waals surface area (Å²) in [5, 5.41) is 0. The topological polar surface area (TPSA) is 65.1 Å². The lowest BCUT2D eigenvalue weighted by Crippen LogP contribution is -2.43. The Morgan fingerprint density at radius 3 is 2.32 bits per heavy atom. The van der Waals surface area contributed by atoms with E-state index in [0.29, 0.717) is 25.4 Å². The van der Waals surface area contributed by atoms with E-state index in [1.807, 2.05) is 25.1 Å². The van der Waals surface area contributed by atoms with Crippen LogP contribution in [0, 0.1) is 0 Å². The second-order valence-electron chi connectivity index (χ2n) is 6.60. The van der Waals surface area contributed by atoms with Crippen molar-refractivity contribution < 1.29 is 23.8 Å². The van der Waals surface area contributed by atoms with Crippen LogP contribution in [-0.4, -0.2) is 42.6 Å². The van der Waals surface area contributed by atoms with Gasteiger partial charge in [-0.1, -0.05) is 24.3 Å². The van der Waals surface area contributed by atoms with Gasteiger partial charge in [-0.05, 0) is 55.7 Å². The first kappa shape index (κ1) is 19.7. The number of esters is 1. The van der Waals surface area contributed by atoms with Crippen molar-refractivity contribution in [2.45, 2.75) is 32.9 Å². The summed E-state index contributed by atoms with van der Waals surface area (Å²) in [5.74, 6) is 0.503. The highest BCUT2D eigenvalue weighted by Crippen LogP contribution is 2.20. The van der Waals surface area contributed by atoms with Crippen LogP contribution in [0.15, 0.2) is 48.5 Å². The minimum Gasteiger partial charge on any atom is -0.494 e. The van der Waals surface area contributed by atoms with Crippen LogP contribution in [0.5, 0.6) is 11.5 Å². The van der Waals surface area contributed by atoms with E-state index in [1.165, 1.54) is 5.56 Å². The Balaban J connectivity index is 1.46. The summed E-state index contributed by atoms with van der Waals surface area (Å²) in [7, 11) is 0. The Morgan fingerprint density at radius 2 is 1.64 bits per heavy atom. The van der Waals surface area contributed by atoms with Gasteiger partial charge in [0.1, 0.15) is 11.5 Å². The molecule has 1 aliphatic heterocycles. The SMILES string of the molecule is CCOc1ccc(OCC(=O)OC(C)C(=O)N2CCc3ccccc3C2)cc1. The molecule has 0 N–H and O–H groups in total. The molecular weight excluding hydrogens is 358 g/mol. The molecule has 1 amide bonds. The molecule has 1 atom stereocenters. The van der Waals surface area contributed by atoms with E-state index in [4.69, 9.17) is 14.2 Å². The predicted molar refractivity (Wildman–Crippen MR) is 104 cm³/mol. The molecule has 6 nitrogen and oxygen atoms in total. The Hall–Kier alpha value is -3.02. The number of carbonyl (C=O) groups is 2. The molecule has 1 heterocycles. The van der Waals surface area contributed by atoms with Crippen LogP contribution < -0.4 is 9.47 Å². The van der Waals surface area contributed by atoms with Gasteiger partial charge in [0, 0.05) is 13.1 Å². The number of fused-ring (bicyclic) bond motifs is 1. The highest BCUT2D eigenvalue weighted by molar-refractivity contribution is 5.84. The Labute approximate surface area is 165 Å². The summed E-state index contributed by atoms with van der Waals surface area (Å²) in [4.78, 5) is 26.4. The zero-order valence-electron chi connectivity index (χ0n) is 16.2. The first-order valence-corrected chi connectivity index (χ1v) is 9.47. The summed E-state index contributed by atoms with van der Waals surface area (Å²) >= 11 is 0. The molecule has 1 unspecified atom stereocenters. The first-order chi connectivity index (χ1) is 13.6. The molecule has 2 aromatic carbocycles. The number of ether oxygens (including phenoxy) is 3. The van der Waals surface area contributed by atoms with E-state index >= 15 is 0 Å². The van der Waals surface area contributed by atoms with Crippen molar-refractivity contribution in [2.75, 3.05) is 19.8 Å². The van der Waals surface area contributed by atoms with Gasteiger partial charge in [0.25, 0.3) is 5.91 Å². The fraction of sp³-hybridized carbons (Fsp3) is 0.364. The quantitative estimate of drug-likeness (QED) is 0.688. The molecule has 148 valence electrons. The number of hydrogen-bond acceptors (Lipinski definition) is 5. The van der Waals surface area contributed by atoms with E-state index in [1.54, 1.807) is 36.1 Å². The largest absolute Gasteiger partial charge is 0.494 e. The van der Waals surface area contributed by atoms with Crippen molar-refractivity contribution in [3.63, 3.8) is 0 Å². The van der Waals surface area contributed by atoms with Gasteiger partial charge in [-0.15, -0.1) is 0 Å². The number of amides is 1. The predicted octanol–water partition coefficient (Wildman–Crippen LogP) is 2.98. The second kappa shape index (κ2) is 9.26. The summed E-state index contributed by atoms with van der Waals surface area (Å²) in [6.45, 7) is 5.00. The van der Waals surface area contributed by atoms with Crippen LogP contribution in [0.3, 0.4) is 0 Å². The molecule has 0 spiro atoms. The lowest BCUT2D eigenvalue weighted by Gasteiger charge is -2.30. The molecule has 28 heavy (non-hydrogen) atoms. The van der Waals surface area contributed by atoms with Crippen molar-refractivity contribution in [3.05, 3.63) is 59.7 Å². The molecule has 2 aromatic rings. The number of hydrogen-bond donors (Lipinski definition) is 0. The lowest BCUT2D eigenvalue weighted by molar-refractivity contribution is -0.161. The van der Waals surface area contributed by atoms with E-state index in [9.17, 15) is 9.59 Å². The van der Waals surface area contributed by atoms with Crippen LogP contribution in [0.2, 0.25) is 0 Å². The van der Waals surface area contributed by atoms with Gasteiger partial charge < -0.3 is 19.1 Å². The van der Waals surface area contributed by atoms with Gasteiger partial charge in [0.05, 0.1) is 6.61 Å². The molecule has 3 rings (SSSR count). The maximum Gasteiger partial charge on any atom is 0.344 e. The van der Waals surface area contributed by atoms with Gasteiger partial charge in [-0.25, -0.2) is 4.79 Å². The van der Waals surface area contributed by atoms with Gasteiger partial charge in [-0.2, -0.15) is 0 Å². The first-order valence-electron chi connectivity index (χ1n) is 9.47. The summed E-state index contributed by atoms with van der Waals surface area (Å²) in [6, 6.07) is 15.1. The van der Waals surface area contributed by atoms with Crippen molar-refractivity contribution in [2.24, 2.45) is 0 Å². The molecule has 0 aromatic heterocycles. The fourth-order valence-electron chi connectivity index (χ4n) is 3.16. The molecule has 0 saturated heterocycles. The lowest BCUT2D eigenvalue weighted by atomic mass is 9.99. The van der Waals surface area contributed by atoms with Crippen molar-refractivity contribution in [1.82, 2.24) is 4.90 Å². The number of rotatable bonds is 7. The Morgan fingerprint density at radius 1 is 1.00 bits per heavy atom. The van der Waals surface area contributed by atoms with Crippen LogP contribution in [0.4, 0.5) is 0 Å². The van der Waals surface area contributed by atoms with Crippen LogP contribution in [-0.2, 0) is 27.3 Å². The van der Waals surface area contributed by atoms with E-state index in [-0.39, 0.29) is 12.5 Å². The molecule has 0 saturated carbocycles. The molecule has 0 bridgehead atoms. The third-order valence-electron chi connectivity index (χ3n) is 4.59. The van der Waals surface area contributed by atoms with Crippen LogP contribution in [0.1, 0.15) is 25.0 Å². The Kier molecular flexibility index (Phi) is 6.53. The molecule has 6 heteroatoms. The number of benzene rings is 2. The zero-order chi connectivity index (χ0) is 19.9. The maximum atomic E-state index is 12.6. The average molecular weight is 383 g/mol. The molecular formula is C22H25NO5. The van der Waals surface area contributed by atoms with Crippen molar-refractivity contribution in [1.29, 1.82) is 0 Å². The maximum absolute atomic E-state index is 12.6. The number of carbonyl (C=O) groups excluding carboxylic acids is 2. The van der Waals surface area contributed by atoms with E-state index in [0.717, 1.165) is 17.7 Å². The van der Waals surface area contributed by atoms with Gasteiger partial charge in [0.15, 0.2) is 12.7 Å². The van der Waals surface area contributed by atoms with Crippen LogP contribution >= 0.6 is 0 Å². The molecule has 0 radical (unpaired) electrons. The Bertz CT molecular complexity index is 818. The molecule has 0 fully saturated rings. The fourth-order valence-corrected chi connectivity index (χ4v) is 3.16. The van der Waals surface area contributed by atoms with E-state index in [2.05, 4.69) is 6.07 Å². The highest BCUT2D eigenvalue weighted by Gasteiger charge is 2.26. The molecule has 1 aliphatic rings. The minimum absolute atomic E-state index is 0.191. The van der Waals surface area contributed by atoms with Crippen molar-refractivity contribution >= 4 is 11.9 Å². The number of nitrogens with zero attached hydrogens (tertiary/aromatic N) is 1. The summed E-state index contributed by atoms with van der Waals surface area (Å²) in [6.07, 6.45) is -0.0367. The second-order valence-corrected chi connectivity index (χ2v) is 6.60. The van der Waals surface area contributed by atoms with Gasteiger partial charge in [0.2, 0.25) is 0 Å². The average Bonchev–Trinajstić information content (AvgIpc) is 2.72. The minimum atomic E-state index is -0.846. The monoisotopic (exact) mass is 383 g/mol. The normalized spacial score (nSPS) is 14.0. The van der Waals surface area contributed by atoms with E-state index < -0.39 is 12.1 Å². The standard InChI is InChI=1S/C22H25NO5/c1-3-26-19-8-10-20(11-9-19)27-15-21(24)28-16(2)22(25)23-13-12-17-6-4-5-7-18(17)14-23/h4-11,16H,3,12-15H2,1-2H3. The van der Waals surface area contributed by atoms with Gasteiger partial charge >= 0.3 is 5.97 Å². The molecule has 0 aliphatic carbocycles. The zero-order valence-corrected chi connectivity index (χ0v) is 16.2.